The Hall–Kier alpha value is -1.35. The van der Waals surface area contributed by atoms with Crippen LogP contribution in [-0.2, 0) is 21.4 Å². The highest BCUT2D eigenvalue weighted by molar-refractivity contribution is 5.70. The van der Waals surface area contributed by atoms with E-state index in [4.69, 9.17) is 4.74 Å². The Morgan fingerprint density at radius 3 is 2.65 bits per heavy atom. The van der Waals surface area contributed by atoms with Crippen LogP contribution in [0.3, 0.4) is 0 Å². The van der Waals surface area contributed by atoms with E-state index in [0.717, 1.165) is 38.7 Å². The number of benzene rings is 1. The van der Waals surface area contributed by atoms with Gasteiger partial charge in [0.25, 0.3) is 0 Å². The summed E-state index contributed by atoms with van der Waals surface area (Å²) in [6.45, 7) is 0.854. The number of rotatable bonds is 2. The number of epoxide rings is 1. The summed E-state index contributed by atoms with van der Waals surface area (Å²) < 4.78 is 5.40. The predicted octanol–water partition coefficient (Wildman–Crippen LogP) is 3.22. The van der Waals surface area contributed by atoms with Gasteiger partial charge in [-0.05, 0) is 60.6 Å². The third kappa shape index (κ3) is 1.87. The maximum atomic E-state index is 11.1. The third-order valence-corrected chi connectivity index (χ3v) is 5.58. The van der Waals surface area contributed by atoms with Crippen molar-refractivity contribution in [3.63, 3.8) is 0 Å². The summed E-state index contributed by atoms with van der Waals surface area (Å²) >= 11 is 0. The van der Waals surface area contributed by atoms with E-state index in [1.165, 1.54) is 23.1 Å². The van der Waals surface area contributed by atoms with Crippen LogP contribution in [0.15, 0.2) is 18.2 Å². The molecule has 1 atom stereocenters. The summed E-state index contributed by atoms with van der Waals surface area (Å²) in [4.78, 5) is 11.1. The summed E-state index contributed by atoms with van der Waals surface area (Å²) in [5.41, 5.74) is 4.54. The molecular weight excluding hydrogens is 252 g/mol. The van der Waals surface area contributed by atoms with Crippen LogP contribution in [-0.4, -0.2) is 17.7 Å². The number of hydrogen-bond donors (Lipinski definition) is 1. The van der Waals surface area contributed by atoms with E-state index in [1.54, 1.807) is 0 Å². The molecule has 1 aromatic carbocycles. The summed E-state index contributed by atoms with van der Waals surface area (Å²) in [6.07, 6.45) is 6.39. The topological polar surface area (TPSA) is 49.8 Å². The smallest absolute Gasteiger partial charge is 0.306 e. The molecule has 106 valence electrons. The molecule has 3 aliphatic rings. The maximum Gasteiger partial charge on any atom is 0.306 e. The van der Waals surface area contributed by atoms with Crippen molar-refractivity contribution in [1.29, 1.82) is 0 Å². The number of carboxylic acids is 1. The molecule has 1 heterocycles. The van der Waals surface area contributed by atoms with E-state index in [2.05, 4.69) is 18.2 Å². The summed E-state index contributed by atoms with van der Waals surface area (Å²) in [6, 6.07) is 6.82. The van der Waals surface area contributed by atoms with E-state index in [0.29, 0.717) is 6.10 Å². The molecule has 3 heteroatoms. The molecule has 1 aliphatic heterocycles. The third-order valence-electron chi connectivity index (χ3n) is 5.58. The van der Waals surface area contributed by atoms with E-state index in [-0.39, 0.29) is 11.3 Å². The normalized spacial score (nSPS) is 35.0. The second-order valence-electron chi connectivity index (χ2n) is 6.63. The van der Waals surface area contributed by atoms with Crippen LogP contribution < -0.4 is 0 Å². The first-order valence-electron chi connectivity index (χ1n) is 7.66. The molecule has 0 radical (unpaired) electrons. The van der Waals surface area contributed by atoms with Gasteiger partial charge in [-0.15, -0.1) is 0 Å². The minimum absolute atomic E-state index is 0.125. The molecule has 3 nitrogen and oxygen atoms in total. The minimum atomic E-state index is -0.613. The van der Waals surface area contributed by atoms with Gasteiger partial charge in [0.15, 0.2) is 0 Å². The Kier molecular flexibility index (Phi) is 2.68. The van der Waals surface area contributed by atoms with Crippen LogP contribution in [0.2, 0.25) is 0 Å². The van der Waals surface area contributed by atoms with Gasteiger partial charge in [0, 0.05) is 0 Å². The van der Waals surface area contributed by atoms with Gasteiger partial charge in [-0.25, -0.2) is 0 Å². The monoisotopic (exact) mass is 272 g/mol. The van der Waals surface area contributed by atoms with Crippen molar-refractivity contribution < 1.29 is 14.6 Å². The number of fused-ring (bicyclic) bond motifs is 2. The largest absolute Gasteiger partial charge is 0.481 e. The molecule has 1 spiro atoms. The second kappa shape index (κ2) is 4.32. The molecule has 4 rings (SSSR count). The average molecular weight is 272 g/mol. The molecule has 0 aromatic heterocycles. The van der Waals surface area contributed by atoms with Crippen molar-refractivity contribution in [1.82, 2.24) is 0 Å². The highest BCUT2D eigenvalue weighted by Crippen LogP contribution is 2.51. The number of aryl methyl sites for hydroxylation is 1. The van der Waals surface area contributed by atoms with Gasteiger partial charge in [-0.1, -0.05) is 18.2 Å². The number of carboxylic acid groups (broad SMARTS) is 1. The van der Waals surface area contributed by atoms with E-state index in [1.807, 2.05) is 0 Å². The highest BCUT2D eigenvalue weighted by Gasteiger charge is 2.43. The molecule has 1 N–H and O–H groups in total. The predicted molar refractivity (Wildman–Crippen MR) is 74.7 cm³/mol. The minimum Gasteiger partial charge on any atom is -0.481 e. The lowest BCUT2D eigenvalue weighted by atomic mass is 9.67. The Morgan fingerprint density at radius 2 is 2.00 bits per heavy atom. The molecule has 2 fully saturated rings. The second-order valence-corrected chi connectivity index (χ2v) is 6.63. The summed E-state index contributed by atoms with van der Waals surface area (Å²) in [5, 5.41) is 9.17. The zero-order chi connectivity index (χ0) is 13.7. The lowest BCUT2D eigenvalue weighted by molar-refractivity contribution is -0.143. The van der Waals surface area contributed by atoms with E-state index < -0.39 is 5.97 Å². The Bertz CT molecular complexity index is 551. The first-order chi connectivity index (χ1) is 9.68. The SMILES string of the molecule is O=C(O)C1CCC2(CCc3ccc(C4CO4)cc32)CC1. The molecule has 20 heavy (non-hydrogen) atoms. The van der Waals surface area contributed by atoms with Crippen LogP contribution in [0.1, 0.15) is 54.9 Å². The van der Waals surface area contributed by atoms with Crippen molar-refractivity contribution in [2.24, 2.45) is 5.92 Å². The highest BCUT2D eigenvalue weighted by atomic mass is 16.6. The van der Waals surface area contributed by atoms with Crippen molar-refractivity contribution in [3.05, 3.63) is 34.9 Å². The van der Waals surface area contributed by atoms with Gasteiger partial charge >= 0.3 is 5.97 Å². The zero-order valence-electron chi connectivity index (χ0n) is 11.6. The van der Waals surface area contributed by atoms with Gasteiger partial charge in [0.2, 0.25) is 0 Å². The van der Waals surface area contributed by atoms with Crippen molar-refractivity contribution >= 4 is 5.97 Å². The van der Waals surface area contributed by atoms with Gasteiger partial charge in [0.05, 0.1) is 12.5 Å². The lowest BCUT2D eigenvalue weighted by Gasteiger charge is -2.37. The Labute approximate surface area is 118 Å². The summed E-state index contributed by atoms with van der Waals surface area (Å²) in [5.74, 6) is -0.738. The van der Waals surface area contributed by atoms with Gasteiger partial charge < -0.3 is 9.84 Å². The van der Waals surface area contributed by atoms with Crippen LogP contribution in [0, 0.1) is 5.92 Å². The van der Waals surface area contributed by atoms with E-state index >= 15 is 0 Å². The molecule has 2 aliphatic carbocycles. The molecule has 1 saturated carbocycles. The Balaban J connectivity index is 1.63. The molecule has 1 saturated heterocycles. The fourth-order valence-electron chi connectivity index (χ4n) is 4.19. The standard InChI is InChI=1S/C17H20O3/c18-16(19)12-4-7-17(8-5-12)6-3-11-1-2-13(9-14(11)17)15-10-20-15/h1-2,9,12,15H,3-8,10H2,(H,18,19). The molecule has 0 amide bonds. The molecule has 1 aromatic rings. The van der Waals surface area contributed by atoms with Crippen molar-refractivity contribution in [3.8, 4) is 0 Å². The quantitative estimate of drug-likeness (QED) is 0.841. The molecule has 1 unspecified atom stereocenters. The van der Waals surface area contributed by atoms with Gasteiger partial charge in [-0.2, -0.15) is 0 Å². The fourth-order valence-corrected chi connectivity index (χ4v) is 4.19. The zero-order valence-corrected chi connectivity index (χ0v) is 11.6. The molecular formula is C17H20O3. The molecule has 0 bridgehead atoms. The Morgan fingerprint density at radius 1 is 1.25 bits per heavy atom. The number of aliphatic carboxylic acids is 1. The van der Waals surface area contributed by atoms with Gasteiger partial charge in [0.1, 0.15) is 6.10 Å². The van der Waals surface area contributed by atoms with Gasteiger partial charge in [-0.3, -0.25) is 4.79 Å². The van der Waals surface area contributed by atoms with Crippen molar-refractivity contribution in [2.75, 3.05) is 6.61 Å². The van der Waals surface area contributed by atoms with Crippen LogP contribution >= 0.6 is 0 Å². The van der Waals surface area contributed by atoms with Crippen LogP contribution in [0.5, 0.6) is 0 Å². The van der Waals surface area contributed by atoms with Crippen LogP contribution in [0.25, 0.3) is 0 Å². The first kappa shape index (κ1) is 12.4. The maximum absolute atomic E-state index is 11.1. The average Bonchev–Trinajstić information content (AvgIpc) is 3.25. The fraction of sp³-hybridized carbons (Fsp3) is 0.588. The first-order valence-corrected chi connectivity index (χ1v) is 7.66. The number of hydrogen-bond acceptors (Lipinski definition) is 2. The van der Waals surface area contributed by atoms with Crippen LogP contribution in [0.4, 0.5) is 0 Å². The lowest BCUT2D eigenvalue weighted by Crippen LogP contribution is -2.32. The number of ether oxygens (including phenoxy) is 1. The number of carbonyl (C=O) groups is 1. The van der Waals surface area contributed by atoms with Crippen molar-refractivity contribution in [2.45, 2.75) is 50.0 Å². The van der Waals surface area contributed by atoms with E-state index in [9.17, 15) is 9.90 Å². The summed E-state index contributed by atoms with van der Waals surface area (Å²) in [7, 11) is 0.